The van der Waals surface area contributed by atoms with Crippen LogP contribution in [-0.4, -0.2) is 80.6 Å². The Morgan fingerprint density at radius 2 is 1.59 bits per heavy atom. The first kappa shape index (κ1) is 14.4. The van der Waals surface area contributed by atoms with E-state index in [-0.39, 0.29) is 12.2 Å². The van der Waals surface area contributed by atoms with Crippen LogP contribution in [0.5, 0.6) is 0 Å². The second-order valence-corrected chi connectivity index (χ2v) is 6.72. The molecule has 0 amide bonds. The standard InChI is InChI=1S/C10H20N2O4S/c1-17(15,16)9-8-12-6-4-11(5-7-12)3-2-10(13)14/h2-9H2,1H3,(H,13,14). The number of piperazine rings is 1. The molecule has 0 saturated carbocycles. The number of rotatable bonds is 6. The fourth-order valence-electron chi connectivity index (χ4n) is 1.79. The van der Waals surface area contributed by atoms with Gasteiger partial charge in [-0.25, -0.2) is 8.42 Å². The molecule has 0 aromatic rings. The van der Waals surface area contributed by atoms with E-state index in [1.54, 1.807) is 0 Å². The van der Waals surface area contributed by atoms with E-state index < -0.39 is 15.8 Å². The van der Waals surface area contributed by atoms with Gasteiger partial charge in [-0.3, -0.25) is 9.69 Å². The minimum absolute atomic E-state index is 0.170. The smallest absolute Gasteiger partial charge is 0.304 e. The average molecular weight is 264 g/mol. The summed E-state index contributed by atoms with van der Waals surface area (Å²) in [5, 5.41) is 8.57. The number of carboxylic acid groups (broad SMARTS) is 1. The molecule has 0 radical (unpaired) electrons. The highest BCUT2D eigenvalue weighted by Crippen LogP contribution is 2.02. The Balaban J connectivity index is 2.19. The molecule has 1 saturated heterocycles. The van der Waals surface area contributed by atoms with Crippen molar-refractivity contribution in [1.29, 1.82) is 0 Å². The van der Waals surface area contributed by atoms with Gasteiger partial charge in [0.25, 0.3) is 0 Å². The molecule has 0 spiro atoms. The van der Waals surface area contributed by atoms with Crippen molar-refractivity contribution in [1.82, 2.24) is 9.80 Å². The fourth-order valence-corrected chi connectivity index (χ4v) is 2.38. The first-order chi connectivity index (χ1) is 7.87. The topological polar surface area (TPSA) is 77.9 Å². The van der Waals surface area contributed by atoms with Crippen molar-refractivity contribution in [2.75, 3.05) is 51.3 Å². The lowest BCUT2D eigenvalue weighted by molar-refractivity contribution is -0.137. The van der Waals surface area contributed by atoms with Crippen molar-refractivity contribution in [2.24, 2.45) is 0 Å². The first-order valence-corrected chi connectivity index (χ1v) is 7.77. The van der Waals surface area contributed by atoms with E-state index in [1.807, 2.05) is 0 Å². The molecule has 0 unspecified atom stereocenters. The number of nitrogens with zero attached hydrogens (tertiary/aromatic N) is 2. The van der Waals surface area contributed by atoms with Crippen molar-refractivity contribution in [2.45, 2.75) is 6.42 Å². The zero-order valence-corrected chi connectivity index (χ0v) is 10.9. The van der Waals surface area contributed by atoms with Crippen LogP contribution < -0.4 is 0 Å². The van der Waals surface area contributed by atoms with Crippen LogP contribution in [0.1, 0.15) is 6.42 Å². The van der Waals surface area contributed by atoms with Gasteiger partial charge in [0.1, 0.15) is 9.84 Å². The predicted octanol–water partition coefficient (Wildman–Crippen LogP) is -0.877. The van der Waals surface area contributed by atoms with Crippen molar-refractivity contribution in [3.05, 3.63) is 0 Å². The van der Waals surface area contributed by atoms with Gasteiger partial charge < -0.3 is 10.0 Å². The summed E-state index contributed by atoms with van der Waals surface area (Å²) in [6, 6.07) is 0. The molecule has 0 aliphatic carbocycles. The monoisotopic (exact) mass is 264 g/mol. The average Bonchev–Trinajstić information content (AvgIpc) is 2.24. The lowest BCUT2D eigenvalue weighted by atomic mass is 10.3. The number of hydrogen-bond donors (Lipinski definition) is 1. The summed E-state index contributed by atoms with van der Waals surface area (Å²) < 4.78 is 22.0. The maximum absolute atomic E-state index is 11.0. The van der Waals surface area contributed by atoms with Crippen molar-refractivity contribution in [3.63, 3.8) is 0 Å². The fraction of sp³-hybridized carbons (Fsp3) is 0.900. The molecular formula is C10H20N2O4S. The Labute approximate surface area is 102 Å². The van der Waals surface area contributed by atoms with Gasteiger partial charge in [-0.2, -0.15) is 0 Å². The molecule has 0 atom stereocenters. The van der Waals surface area contributed by atoms with Crippen LogP contribution in [0.2, 0.25) is 0 Å². The van der Waals surface area contributed by atoms with Crippen molar-refractivity contribution in [3.8, 4) is 0 Å². The molecule has 0 aromatic heterocycles. The van der Waals surface area contributed by atoms with Gasteiger partial charge in [-0.05, 0) is 0 Å². The summed E-state index contributed by atoms with van der Waals surface area (Å²) in [4.78, 5) is 14.6. The lowest BCUT2D eigenvalue weighted by Crippen LogP contribution is -2.47. The van der Waals surface area contributed by atoms with Crippen LogP contribution in [0.25, 0.3) is 0 Å². The minimum Gasteiger partial charge on any atom is -0.481 e. The third-order valence-corrected chi connectivity index (χ3v) is 3.81. The summed E-state index contributed by atoms with van der Waals surface area (Å²) in [6.45, 7) is 4.42. The van der Waals surface area contributed by atoms with E-state index in [9.17, 15) is 13.2 Å². The maximum atomic E-state index is 11.0. The number of carbonyl (C=O) groups is 1. The van der Waals surface area contributed by atoms with Crippen LogP contribution in [0, 0.1) is 0 Å². The molecule has 7 heteroatoms. The number of carboxylic acids is 1. The van der Waals surface area contributed by atoms with Crippen LogP contribution in [0.3, 0.4) is 0 Å². The lowest BCUT2D eigenvalue weighted by Gasteiger charge is -2.34. The number of aliphatic carboxylic acids is 1. The maximum Gasteiger partial charge on any atom is 0.304 e. The molecular weight excluding hydrogens is 244 g/mol. The van der Waals surface area contributed by atoms with E-state index in [2.05, 4.69) is 9.80 Å². The molecule has 100 valence electrons. The van der Waals surface area contributed by atoms with Crippen LogP contribution in [-0.2, 0) is 14.6 Å². The van der Waals surface area contributed by atoms with Gasteiger partial charge in [0, 0.05) is 45.5 Å². The van der Waals surface area contributed by atoms with Gasteiger partial charge in [0.05, 0.1) is 12.2 Å². The molecule has 1 rings (SSSR count). The zero-order valence-electron chi connectivity index (χ0n) is 10.1. The SMILES string of the molecule is CS(=O)(=O)CCN1CCN(CCC(=O)O)CC1. The molecule has 1 N–H and O–H groups in total. The van der Waals surface area contributed by atoms with Crippen molar-refractivity contribution >= 4 is 15.8 Å². The van der Waals surface area contributed by atoms with E-state index in [4.69, 9.17) is 5.11 Å². The van der Waals surface area contributed by atoms with Gasteiger partial charge in [0.15, 0.2) is 0 Å². The van der Waals surface area contributed by atoms with Crippen molar-refractivity contribution < 1.29 is 18.3 Å². The van der Waals surface area contributed by atoms with Crippen LogP contribution in [0.15, 0.2) is 0 Å². The minimum atomic E-state index is -2.89. The van der Waals surface area contributed by atoms with E-state index in [1.165, 1.54) is 6.26 Å². The normalized spacial score (nSPS) is 19.4. The van der Waals surface area contributed by atoms with Crippen LogP contribution >= 0.6 is 0 Å². The highest BCUT2D eigenvalue weighted by molar-refractivity contribution is 7.90. The molecule has 17 heavy (non-hydrogen) atoms. The molecule has 6 nitrogen and oxygen atoms in total. The number of sulfone groups is 1. The first-order valence-electron chi connectivity index (χ1n) is 5.71. The van der Waals surface area contributed by atoms with Gasteiger partial charge in [-0.15, -0.1) is 0 Å². The van der Waals surface area contributed by atoms with E-state index in [0.717, 1.165) is 26.2 Å². The Bertz CT molecular complexity index is 347. The zero-order chi connectivity index (χ0) is 12.9. The quantitative estimate of drug-likeness (QED) is 0.671. The summed E-state index contributed by atoms with van der Waals surface area (Å²) in [6.07, 6.45) is 1.42. The summed E-state index contributed by atoms with van der Waals surface area (Å²) >= 11 is 0. The van der Waals surface area contributed by atoms with Gasteiger partial charge in [-0.1, -0.05) is 0 Å². The number of hydrogen-bond acceptors (Lipinski definition) is 5. The second kappa shape index (κ2) is 6.32. The van der Waals surface area contributed by atoms with E-state index in [0.29, 0.717) is 13.1 Å². The molecule has 0 aromatic carbocycles. The Morgan fingerprint density at radius 3 is 2.00 bits per heavy atom. The Morgan fingerprint density at radius 1 is 1.12 bits per heavy atom. The van der Waals surface area contributed by atoms with Crippen LogP contribution in [0.4, 0.5) is 0 Å². The molecule has 1 aliphatic rings. The third kappa shape index (κ3) is 6.60. The molecule has 1 aliphatic heterocycles. The summed E-state index contributed by atoms with van der Waals surface area (Å²) in [5.41, 5.74) is 0. The summed E-state index contributed by atoms with van der Waals surface area (Å²) in [5.74, 6) is -0.577. The Kier molecular flexibility index (Phi) is 5.35. The predicted molar refractivity (Wildman–Crippen MR) is 64.8 cm³/mol. The second-order valence-electron chi connectivity index (χ2n) is 4.46. The molecule has 1 heterocycles. The highest BCUT2D eigenvalue weighted by Gasteiger charge is 2.18. The largest absolute Gasteiger partial charge is 0.481 e. The summed E-state index contributed by atoms with van der Waals surface area (Å²) in [7, 11) is -2.89. The van der Waals surface area contributed by atoms with E-state index >= 15 is 0 Å². The Hall–Kier alpha value is -0.660. The third-order valence-electron chi connectivity index (χ3n) is 2.89. The highest BCUT2D eigenvalue weighted by atomic mass is 32.2. The molecule has 1 fully saturated rings. The van der Waals surface area contributed by atoms with Gasteiger partial charge in [0.2, 0.25) is 0 Å². The van der Waals surface area contributed by atoms with Gasteiger partial charge >= 0.3 is 5.97 Å². The molecule has 0 bridgehead atoms.